The molecular weight excluding hydrogens is 392 g/mol. The zero-order chi connectivity index (χ0) is 22.5. The lowest BCUT2D eigenvalue weighted by molar-refractivity contribution is -0.137. The maximum Gasteiger partial charge on any atom is 0.336 e. The number of aromatic carboxylic acids is 3. The van der Waals surface area contributed by atoms with Crippen LogP contribution in [-0.2, 0) is 16.0 Å². The second kappa shape index (κ2) is 13.1. The molecule has 0 amide bonds. The predicted octanol–water partition coefficient (Wildman–Crippen LogP) is 4.17. The molecule has 3 N–H and O–H groups in total. The molecule has 30 heavy (non-hydrogen) atoms. The van der Waals surface area contributed by atoms with Crippen LogP contribution < -0.4 is 0 Å². The first-order chi connectivity index (χ1) is 14.3. The highest BCUT2D eigenvalue weighted by atomic mass is 16.5. The van der Waals surface area contributed by atoms with Crippen molar-refractivity contribution in [3.05, 3.63) is 47.0 Å². The normalized spacial score (nSPS) is 10.4. The number of carboxylic acid groups (broad SMARTS) is 3. The summed E-state index contributed by atoms with van der Waals surface area (Å²) in [6, 6.07) is 2.18. The molecule has 1 aromatic carbocycles. The zero-order valence-electron chi connectivity index (χ0n) is 16.9. The number of ether oxygens (including phenoxy) is 1. The third-order valence-corrected chi connectivity index (χ3v) is 4.72. The number of hydrogen-bond donors (Lipinski definition) is 3. The number of unbranched alkanes of at least 4 members (excludes halogenated alkanes) is 7. The van der Waals surface area contributed by atoms with E-state index in [1.54, 1.807) is 0 Å². The van der Waals surface area contributed by atoms with Gasteiger partial charge in [-0.1, -0.05) is 45.1 Å². The first-order valence-corrected chi connectivity index (χ1v) is 9.94. The van der Waals surface area contributed by atoms with E-state index in [1.165, 1.54) is 0 Å². The summed E-state index contributed by atoms with van der Waals surface area (Å²) in [4.78, 5) is 45.2. The maximum absolute atomic E-state index is 11.6. The molecule has 0 aromatic heterocycles. The molecule has 1 aromatic rings. The number of carboxylic acids is 3. The molecule has 0 aliphatic heterocycles. The standard InChI is InChI=1S/C22H28O8/c1-2-18(23)30-14-10-8-6-4-3-5-7-9-11-15-16(20(24)25)12-13-17(21(26)27)19(15)22(28)29/h2,12-13H,1,3-11,14H2,(H,24,25)(H,26,27)(H,28,29). The number of hydrogen-bond acceptors (Lipinski definition) is 5. The molecule has 0 saturated heterocycles. The highest BCUT2D eigenvalue weighted by molar-refractivity contribution is 6.05. The summed E-state index contributed by atoms with van der Waals surface area (Å²) in [5, 5.41) is 28.0. The van der Waals surface area contributed by atoms with Gasteiger partial charge in [-0.05, 0) is 37.0 Å². The Morgan fingerprint density at radius 3 is 1.77 bits per heavy atom. The average Bonchev–Trinajstić information content (AvgIpc) is 2.70. The minimum absolute atomic E-state index is 0.0592. The van der Waals surface area contributed by atoms with Crippen LogP contribution in [0.15, 0.2) is 24.8 Å². The number of benzene rings is 1. The lowest BCUT2D eigenvalue weighted by atomic mass is 9.91. The largest absolute Gasteiger partial charge is 0.478 e. The fraction of sp³-hybridized carbons (Fsp3) is 0.455. The van der Waals surface area contributed by atoms with Gasteiger partial charge in [0.2, 0.25) is 0 Å². The van der Waals surface area contributed by atoms with Gasteiger partial charge in [0, 0.05) is 6.08 Å². The minimum atomic E-state index is -1.44. The van der Waals surface area contributed by atoms with Crippen molar-refractivity contribution in [2.24, 2.45) is 0 Å². The topological polar surface area (TPSA) is 138 Å². The molecule has 0 atom stereocenters. The molecule has 0 unspecified atom stereocenters. The van der Waals surface area contributed by atoms with Crippen molar-refractivity contribution >= 4 is 23.9 Å². The van der Waals surface area contributed by atoms with Gasteiger partial charge in [-0.15, -0.1) is 0 Å². The number of carbonyl (C=O) groups excluding carboxylic acids is 1. The molecule has 0 aliphatic carbocycles. The summed E-state index contributed by atoms with van der Waals surface area (Å²) in [6.07, 6.45) is 8.37. The first kappa shape index (κ1) is 24.9. The second-order valence-electron chi connectivity index (χ2n) is 6.88. The van der Waals surface area contributed by atoms with Gasteiger partial charge < -0.3 is 20.1 Å². The summed E-state index contributed by atoms with van der Waals surface area (Å²) in [6.45, 7) is 3.71. The van der Waals surface area contributed by atoms with Crippen molar-refractivity contribution in [2.75, 3.05) is 6.61 Å². The first-order valence-electron chi connectivity index (χ1n) is 9.94. The Hall–Kier alpha value is -3.16. The molecule has 0 bridgehead atoms. The van der Waals surface area contributed by atoms with Crippen LogP contribution in [0.5, 0.6) is 0 Å². The van der Waals surface area contributed by atoms with Crippen molar-refractivity contribution in [2.45, 2.75) is 57.8 Å². The van der Waals surface area contributed by atoms with Gasteiger partial charge >= 0.3 is 23.9 Å². The fourth-order valence-corrected chi connectivity index (χ4v) is 3.23. The van der Waals surface area contributed by atoms with Gasteiger partial charge in [-0.25, -0.2) is 19.2 Å². The second-order valence-corrected chi connectivity index (χ2v) is 6.88. The van der Waals surface area contributed by atoms with E-state index in [4.69, 9.17) is 4.74 Å². The van der Waals surface area contributed by atoms with Crippen LogP contribution >= 0.6 is 0 Å². The van der Waals surface area contributed by atoms with Crippen LogP contribution in [0.2, 0.25) is 0 Å². The van der Waals surface area contributed by atoms with Gasteiger partial charge in [-0.3, -0.25) is 0 Å². The molecular formula is C22H28O8. The molecule has 0 heterocycles. The van der Waals surface area contributed by atoms with E-state index in [-0.39, 0.29) is 17.5 Å². The van der Waals surface area contributed by atoms with Crippen molar-refractivity contribution in [3.63, 3.8) is 0 Å². The Labute approximate surface area is 175 Å². The Bertz CT molecular complexity index is 782. The maximum atomic E-state index is 11.6. The van der Waals surface area contributed by atoms with Crippen LogP contribution in [0.4, 0.5) is 0 Å². The molecule has 164 valence electrons. The van der Waals surface area contributed by atoms with Crippen LogP contribution in [0, 0.1) is 0 Å². The third-order valence-electron chi connectivity index (χ3n) is 4.72. The van der Waals surface area contributed by atoms with Crippen molar-refractivity contribution in [3.8, 4) is 0 Å². The lowest BCUT2D eigenvalue weighted by Gasteiger charge is -2.12. The van der Waals surface area contributed by atoms with Crippen LogP contribution in [0.25, 0.3) is 0 Å². The van der Waals surface area contributed by atoms with Gasteiger partial charge in [-0.2, -0.15) is 0 Å². The van der Waals surface area contributed by atoms with E-state index >= 15 is 0 Å². The van der Waals surface area contributed by atoms with E-state index in [9.17, 15) is 34.5 Å². The Morgan fingerprint density at radius 1 is 0.767 bits per heavy atom. The summed E-state index contributed by atoms with van der Waals surface area (Å²) in [7, 11) is 0. The quantitative estimate of drug-likeness (QED) is 0.218. The van der Waals surface area contributed by atoms with Crippen LogP contribution in [-0.4, -0.2) is 45.8 Å². The molecule has 8 heteroatoms. The van der Waals surface area contributed by atoms with Gasteiger partial charge in [0.05, 0.1) is 23.3 Å². The fourth-order valence-electron chi connectivity index (χ4n) is 3.23. The molecule has 0 spiro atoms. The van der Waals surface area contributed by atoms with E-state index in [0.717, 1.165) is 63.2 Å². The molecule has 0 radical (unpaired) electrons. The Morgan fingerprint density at radius 2 is 1.27 bits per heavy atom. The van der Waals surface area contributed by atoms with Crippen LogP contribution in [0.1, 0.15) is 88.0 Å². The highest BCUT2D eigenvalue weighted by Gasteiger charge is 2.24. The highest BCUT2D eigenvalue weighted by Crippen LogP contribution is 2.23. The third kappa shape index (κ3) is 8.06. The summed E-state index contributed by atoms with van der Waals surface area (Å²) in [5.74, 6) is -4.53. The van der Waals surface area contributed by atoms with Gasteiger partial charge in [0.25, 0.3) is 0 Å². The molecule has 8 nitrogen and oxygen atoms in total. The lowest BCUT2D eigenvalue weighted by Crippen LogP contribution is -2.16. The number of rotatable bonds is 15. The monoisotopic (exact) mass is 420 g/mol. The van der Waals surface area contributed by atoms with Crippen molar-refractivity contribution < 1.29 is 39.2 Å². The summed E-state index contributed by atoms with van der Waals surface area (Å²) >= 11 is 0. The number of carbonyl (C=O) groups is 4. The summed E-state index contributed by atoms with van der Waals surface area (Å²) in [5.41, 5.74) is -0.959. The van der Waals surface area contributed by atoms with E-state index in [1.807, 2.05) is 0 Å². The minimum Gasteiger partial charge on any atom is -0.478 e. The smallest absolute Gasteiger partial charge is 0.336 e. The summed E-state index contributed by atoms with van der Waals surface area (Å²) < 4.78 is 4.89. The van der Waals surface area contributed by atoms with E-state index in [2.05, 4.69) is 6.58 Å². The zero-order valence-corrected chi connectivity index (χ0v) is 16.9. The van der Waals surface area contributed by atoms with E-state index in [0.29, 0.717) is 13.0 Å². The van der Waals surface area contributed by atoms with E-state index < -0.39 is 35.0 Å². The predicted molar refractivity (Wildman–Crippen MR) is 109 cm³/mol. The van der Waals surface area contributed by atoms with Crippen molar-refractivity contribution in [1.29, 1.82) is 0 Å². The van der Waals surface area contributed by atoms with Gasteiger partial charge in [0.1, 0.15) is 0 Å². The van der Waals surface area contributed by atoms with Gasteiger partial charge in [0.15, 0.2) is 0 Å². The molecule has 1 rings (SSSR count). The number of esters is 1. The van der Waals surface area contributed by atoms with Crippen LogP contribution in [0.3, 0.4) is 0 Å². The average molecular weight is 420 g/mol. The van der Waals surface area contributed by atoms with Crippen molar-refractivity contribution in [1.82, 2.24) is 0 Å². The Kier molecular flexibility index (Phi) is 10.9. The SMILES string of the molecule is C=CC(=O)OCCCCCCCCCCc1c(C(=O)O)ccc(C(=O)O)c1C(=O)O. The Balaban J connectivity index is 2.46. The molecule has 0 saturated carbocycles. The molecule has 0 fully saturated rings. The molecule has 0 aliphatic rings.